The Morgan fingerprint density at radius 2 is 1.85 bits per heavy atom. The standard InChI is InChI=1S/C16H26N2O2/c1-13(2)18(3)10-4-9-17-12-15-7-5-14(6-8-15)11-16(19)20/h5-8,13,17H,4,9-12H2,1-3H3,(H,19,20). The zero-order valence-electron chi connectivity index (χ0n) is 12.7. The van der Waals surface area contributed by atoms with E-state index in [4.69, 9.17) is 5.11 Å². The molecule has 1 aromatic carbocycles. The molecule has 2 N–H and O–H groups in total. The number of carbonyl (C=O) groups is 1. The van der Waals surface area contributed by atoms with E-state index in [-0.39, 0.29) is 6.42 Å². The van der Waals surface area contributed by atoms with Crippen molar-refractivity contribution in [1.82, 2.24) is 10.2 Å². The van der Waals surface area contributed by atoms with Crippen molar-refractivity contribution < 1.29 is 9.90 Å². The summed E-state index contributed by atoms with van der Waals surface area (Å²) < 4.78 is 0. The van der Waals surface area contributed by atoms with Gasteiger partial charge >= 0.3 is 5.97 Å². The van der Waals surface area contributed by atoms with Crippen LogP contribution in [0.25, 0.3) is 0 Å². The Bertz CT molecular complexity index is 401. The molecule has 0 aromatic heterocycles. The average molecular weight is 278 g/mol. The Kier molecular flexibility index (Phi) is 7.26. The van der Waals surface area contributed by atoms with Crippen LogP contribution >= 0.6 is 0 Å². The van der Waals surface area contributed by atoms with Gasteiger partial charge in [-0.2, -0.15) is 0 Å². The molecule has 0 unspecified atom stereocenters. The number of nitrogens with one attached hydrogen (secondary N) is 1. The third kappa shape index (κ3) is 6.68. The van der Waals surface area contributed by atoms with Crippen molar-refractivity contribution in [3.05, 3.63) is 35.4 Å². The van der Waals surface area contributed by atoms with Gasteiger partial charge in [0.05, 0.1) is 6.42 Å². The topological polar surface area (TPSA) is 52.6 Å². The minimum absolute atomic E-state index is 0.0925. The molecule has 0 heterocycles. The molecule has 20 heavy (non-hydrogen) atoms. The van der Waals surface area contributed by atoms with E-state index in [0.29, 0.717) is 6.04 Å². The molecule has 0 atom stereocenters. The van der Waals surface area contributed by atoms with Crippen molar-refractivity contribution in [2.75, 3.05) is 20.1 Å². The number of hydrogen-bond donors (Lipinski definition) is 2. The third-order valence-electron chi connectivity index (χ3n) is 3.45. The van der Waals surface area contributed by atoms with Crippen LogP contribution in [0.2, 0.25) is 0 Å². The maximum atomic E-state index is 10.6. The van der Waals surface area contributed by atoms with Crippen molar-refractivity contribution in [2.45, 2.75) is 39.3 Å². The van der Waals surface area contributed by atoms with Crippen LogP contribution in [0.1, 0.15) is 31.4 Å². The van der Waals surface area contributed by atoms with E-state index in [0.717, 1.165) is 31.6 Å². The summed E-state index contributed by atoms with van der Waals surface area (Å²) in [6.07, 6.45) is 1.22. The second kappa shape index (κ2) is 8.72. The summed E-state index contributed by atoms with van der Waals surface area (Å²) in [5, 5.41) is 12.1. The van der Waals surface area contributed by atoms with Gasteiger partial charge in [0.15, 0.2) is 0 Å². The van der Waals surface area contributed by atoms with Gasteiger partial charge in [0.1, 0.15) is 0 Å². The highest BCUT2D eigenvalue weighted by atomic mass is 16.4. The Labute approximate surface area is 121 Å². The first-order valence-electron chi connectivity index (χ1n) is 7.19. The average Bonchev–Trinajstić information content (AvgIpc) is 2.39. The maximum absolute atomic E-state index is 10.6. The van der Waals surface area contributed by atoms with Crippen LogP contribution in [0.4, 0.5) is 0 Å². The second-order valence-electron chi connectivity index (χ2n) is 5.49. The van der Waals surface area contributed by atoms with Crippen LogP contribution in [0.3, 0.4) is 0 Å². The highest BCUT2D eigenvalue weighted by Gasteiger charge is 2.02. The summed E-state index contributed by atoms with van der Waals surface area (Å²) in [4.78, 5) is 12.9. The number of nitrogens with zero attached hydrogens (tertiary/aromatic N) is 1. The quantitative estimate of drug-likeness (QED) is 0.680. The molecular weight excluding hydrogens is 252 g/mol. The Morgan fingerprint density at radius 3 is 2.40 bits per heavy atom. The molecular formula is C16H26N2O2. The minimum Gasteiger partial charge on any atom is -0.481 e. The highest BCUT2D eigenvalue weighted by Crippen LogP contribution is 2.05. The number of carboxylic acid groups (broad SMARTS) is 1. The first-order valence-corrected chi connectivity index (χ1v) is 7.19. The van der Waals surface area contributed by atoms with Crippen LogP contribution in [0.15, 0.2) is 24.3 Å². The number of benzene rings is 1. The van der Waals surface area contributed by atoms with Gasteiger partial charge in [0, 0.05) is 12.6 Å². The molecule has 1 aromatic rings. The van der Waals surface area contributed by atoms with Gasteiger partial charge in [-0.3, -0.25) is 4.79 Å². The Morgan fingerprint density at radius 1 is 1.25 bits per heavy atom. The first-order chi connectivity index (χ1) is 9.49. The molecule has 4 heteroatoms. The van der Waals surface area contributed by atoms with E-state index in [9.17, 15) is 4.79 Å². The van der Waals surface area contributed by atoms with Crippen molar-refractivity contribution in [3.63, 3.8) is 0 Å². The van der Waals surface area contributed by atoms with Gasteiger partial charge in [-0.25, -0.2) is 0 Å². The summed E-state index contributed by atoms with van der Waals surface area (Å²) >= 11 is 0. The Balaban J connectivity index is 2.20. The molecule has 0 fully saturated rings. The zero-order valence-corrected chi connectivity index (χ0v) is 12.7. The highest BCUT2D eigenvalue weighted by molar-refractivity contribution is 5.70. The zero-order chi connectivity index (χ0) is 15.0. The number of rotatable bonds is 9. The molecule has 4 nitrogen and oxygen atoms in total. The fraction of sp³-hybridized carbons (Fsp3) is 0.562. The van der Waals surface area contributed by atoms with Crippen LogP contribution in [0.5, 0.6) is 0 Å². The first kappa shape index (κ1) is 16.7. The summed E-state index contributed by atoms with van der Waals surface area (Å²) in [7, 11) is 2.14. The fourth-order valence-corrected chi connectivity index (χ4v) is 1.89. The molecule has 0 saturated carbocycles. The van der Waals surface area contributed by atoms with E-state index >= 15 is 0 Å². The third-order valence-corrected chi connectivity index (χ3v) is 3.45. The van der Waals surface area contributed by atoms with E-state index in [1.54, 1.807) is 0 Å². The summed E-state index contributed by atoms with van der Waals surface area (Å²) in [5.41, 5.74) is 2.04. The minimum atomic E-state index is -0.787. The van der Waals surface area contributed by atoms with Crippen molar-refractivity contribution in [2.24, 2.45) is 0 Å². The predicted octanol–water partition coefficient (Wildman–Crippen LogP) is 2.13. The number of aliphatic carboxylic acids is 1. The summed E-state index contributed by atoms with van der Waals surface area (Å²) in [6.45, 7) is 7.33. The number of carboxylic acids is 1. The monoisotopic (exact) mass is 278 g/mol. The molecule has 0 aliphatic carbocycles. The lowest BCUT2D eigenvalue weighted by Crippen LogP contribution is -2.29. The molecule has 0 aliphatic rings. The molecule has 0 aliphatic heterocycles. The van der Waals surface area contributed by atoms with Gasteiger partial charge in [-0.15, -0.1) is 0 Å². The van der Waals surface area contributed by atoms with Gasteiger partial charge in [-0.1, -0.05) is 24.3 Å². The number of hydrogen-bond acceptors (Lipinski definition) is 3. The van der Waals surface area contributed by atoms with Crippen molar-refractivity contribution in [1.29, 1.82) is 0 Å². The molecule has 0 saturated heterocycles. The molecule has 0 bridgehead atoms. The smallest absolute Gasteiger partial charge is 0.307 e. The molecule has 1 rings (SSSR count). The summed E-state index contributed by atoms with van der Waals surface area (Å²) in [6, 6.07) is 8.35. The van der Waals surface area contributed by atoms with E-state index in [1.807, 2.05) is 24.3 Å². The molecule has 0 spiro atoms. The van der Waals surface area contributed by atoms with E-state index < -0.39 is 5.97 Å². The van der Waals surface area contributed by atoms with Crippen LogP contribution in [0, 0.1) is 0 Å². The second-order valence-corrected chi connectivity index (χ2v) is 5.49. The summed E-state index contributed by atoms with van der Waals surface area (Å²) in [5.74, 6) is -0.787. The van der Waals surface area contributed by atoms with Crippen molar-refractivity contribution in [3.8, 4) is 0 Å². The lowest BCUT2D eigenvalue weighted by atomic mass is 10.1. The SMILES string of the molecule is CC(C)N(C)CCCNCc1ccc(CC(=O)O)cc1. The lowest BCUT2D eigenvalue weighted by Gasteiger charge is -2.20. The van der Waals surface area contributed by atoms with Gasteiger partial charge in [-0.05, 0) is 51.5 Å². The predicted molar refractivity (Wildman–Crippen MR) is 81.9 cm³/mol. The fourth-order valence-electron chi connectivity index (χ4n) is 1.89. The molecule has 112 valence electrons. The van der Waals surface area contributed by atoms with E-state index in [2.05, 4.69) is 31.1 Å². The van der Waals surface area contributed by atoms with Gasteiger partial charge < -0.3 is 15.3 Å². The van der Waals surface area contributed by atoms with Crippen LogP contribution < -0.4 is 5.32 Å². The van der Waals surface area contributed by atoms with Gasteiger partial charge in [0.2, 0.25) is 0 Å². The normalized spacial score (nSPS) is 11.2. The van der Waals surface area contributed by atoms with Crippen molar-refractivity contribution >= 4 is 5.97 Å². The van der Waals surface area contributed by atoms with Crippen LogP contribution in [-0.2, 0) is 17.8 Å². The van der Waals surface area contributed by atoms with E-state index in [1.165, 1.54) is 5.56 Å². The largest absolute Gasteiger partial charge is 0.481 e. The maximum Gasteiger partial charge on any atom is 0.307 e. The lowest BCUT2D eigenvalue weighted by molar-refractivity contribution is -0.136. The molecule has 0 radical (unpaired) electrons. The van der Waals surface area contributed by atoms with Gasteiger partial charge in [0.25, 0.3) is 0 Å². The Hall–Kier alpha value is -1.39. The van der Waals surface area contributed by atoms with Crippen LogP contribution in [-0.4, -0.2) is 42.2 Å². The molecule has 0 amide bonds.